The van der Waals surface area contributed by atoms with Crippen LogP contribution in [0.25, 0.3) is 0 Å². The first-order valence-corrected chi connectivity index (χ1v) is 27.1. The zero-order valence-electron chi connectivity index (χ0n) is 47.9. The fourth-order valence-corrected chi connectivity index (χ4v) is 10.2. The first kappa shape index (κ1) is 62.8. The lowest BCUT2D eigenvalue weighted by Gasteiger charge is -2.22. The van der Waals surface area contributed by atoms with E-state index in [1.165, 1.54) is 102 Å². The second-order valence-electron chi connectivity index (χ2n) is 22.2. The molecule has 0 saturated heterocycles. The molecular formula is C62H106O6. The normalized spacial score (nSPS) is 14.3. The maximum Gasteiger partial charge on any atom is 0.189 e. The number of allylic oxidation sites excluding steroid dienone is 3. The molecule has 68 heavy (non-hydrogen) atoms. The molecule has 0 heterocycles. The Hall–Kier alpha value is -3.25. The van der Waals surface area contributed by atoms with Crippen LogP contribution in [0.4, 0.5) is 0 Å². The monoisotopic (exact) mass is 947 g/mol. The zero-order chi connectivity index (χ0) is 51.7. The molecule has 2 aromatic carbocycles. The Morgan fingerprint density at radius 1 is 0.441 bits per heavy atom. The van der Waals surface area contributed by atoms with E-state index >= 15 is 0 Å². The first-order chi connectivity index (χ1) is 32.1. The number of methoxy groups -OCH3 is 4. The van der Waals surface area contributed by atoms with Crippen LogP contribution >= 0.6 is 0 Å². The third kappa shape index (κ3) is 21.8. The van der Waals surface area contributed by atoms with Crippen LogP contribution in [0.1, 0.15) is 240 Å². The van der Waals surface area contributed by atoms with Gasteiger partial charge in [-0.1, -0.05) is 163 Å². The van der Waals surface area contributed by atoms with Gasteiger partial charge < -0.3 is 24.1 Å². The van der Waals surface area contributed by atoms with Crippen molar-refractivity contribution in [2.24, 2.45) is 35.5 Å². The lowest BCUT2D eigenvalue weighted by atomic mass is 9.91. The number of aliphatic hydroxyl groups is 1. The molecule has 5 unspecified atom stereocenters. The predicted molar refractivity (Wildman–Crippen MR) is 294 cm³/mol. The molecule has 2 rings (SSSR count). The van der Waals surface area contributed by atoms with Gasteiger partial charge in [0.1, 0.15) is 29.1 Å². The van der Waals surface area contributed by atoms with Crippen molar-refractivity contribution in [3.8, 4) is 23.0 Å². The number of ketones is 1. The number of hydrogen-bond acceptors (Lipinski definition) is 6. The highest BCUT2D eigenvalue weighted by molar-refractivity contribution is 6.09. The van der Waals surface area contributed by atoms with Crippen molar-refractivity contribution >= 4 is 5.78 Å². The van der Waals surface area contributed by atoms with Gasteiger partial charge >= 0.3 is 0 Å². The van der Waals surface area contributed by atoms with E-state index in [1.54, 1.807) is 34.5 Å². The topological polar surface area (TPSA) is 74.2 Å². The molecule has 1 N–H and O–H groups in total. The molecule has 0 radical (unpaired) electrons. The summed E-state index contributed by atoms with van der Waals surface area (Å²) in [6.07, 6.45) is 26.2. The smallest absolute Gasteiger partial charge is 0.189 e. The van der Waals surface area contributed by atoms with Crippen LogP contribution < -0.4 is 18.9 Å². The van der Waals surface area contributed by atoms with E-state index in [9.17, 15) is 9.90 Å². The second kappa shape index (κ2) is 33.4. The molecule has 0 aromatic heterocycles. The molecule has 6 nitrogen and oxygen atoms in total. The van der Waals surface area contributed by atoms with Crippen LogP contribution in [0.3, 0.4) is 0 Å². The number of hydrogen-bond donors (Lipinski definition) is 1. The van der Waals surface area contributed by atoms with E-state index in [0.29, 0.717) is 11.3 Å². The molecule has 5 atom stereocenters. The standard InChI is InChI=1S/C31H54O3.C31H52O3/c2*1-21(2)14-11-15-22(3)16-12-17-23(4)18-13-19-24(5)20-28(32)29-27(8)30(33-9)25(6)26(7)31(29)34-10/h20-23,28,32H,11-19H2,1-10H3;20-23H,11-19H2,1-10H3. The minimum absolute atomic E-state index is 0.00718. The van der Waals surface area contributed by atoms with Crippen LogP contribution in [0.2, 0.25) is 0 Å². The van der Waals surface area contributed by atoms with E-state index < -0.39 is 6.10 Å². The van der Waals surface area contributed by atoms with Crippen molar-refractivity contribution in [2.45, 2.75) is 232 Å². The summed E-state index contributed by atoms with van der Waals surface area (Å²) < 4.78 is 22.5. The maximum atomic E-state index is 13.2. The van der Waals surface area contributed by atoms with Crippen molar-refractivity contribution in [1.29, 1.82) is 0 Å². The molecule has 0 aliphatic carbocycles. The van der Waals surface area contributed by atoms with Crippen LogP contribution in [0.15, 0.2) is 23.3 Å². The van der Waals surface area contributed by atoms with Gasteiger partial charge in [-0.05, 0) is 145 Å². The SMILES string of the molecule is COc1c(C)c(C)c(OC)c(C(=O)C=C(C)CCCC(C)CCCC(C)CCCC(C)C)c1C.COc1c(C)c(C)c(OC)c(C(O)C=C(C)CCCC(C)CCCC(C)CCCC(C)C)c1C. The predicted octanol–water partition coefficient (Wildman–Crippen LogP) is 18.2. The van der Waals surface area contributed by atoms with Gasteiger partial charge in [0, 0.05) is 16.7 Å². The maximum absolute atomic E-state index is 13.2. The van der Waals surface area contributed by atoms with E-state index in [1.807, 2.05) is 47.6 Å². The van der Waals surface area contributed by atoms with Crippen molar-refractivity contribution in [2.75, 3.05) is 28.4 Å². The van der Waals surface area contributed by atoms with E-state index in [4.69, 9.17) is 18.9 Å². The Morgan fingerprint density at radius 2 is 0.765 bits per heavy atom. The zero-order valence-corrected chi connectivity index (χ0v) is 47.9. The van der Waals surface area contributed by atoms with Crippen LogP contribution in [-0.4, -0.2) is 39.3 Å². The Kier molecular flexibility index (Phi) is 30.8. The summed E-state index contributed by atoms with van der Waals surface area (Å²) in [4.78, 5) is 13.2. The van der Waals surface area contributed by atoms with Crippen molar-refractivity contribution in [3.05, 3.63) is 67.8 Å². The molecule has 0 spiro atoms. The lowest BCUT2D eigenvalue weighted by Crippen LogP contribution is -2.08. The van der Waals surface area contributed by atoms with E-state index in [2.05, 4.69) is 69.2 Å². The van der Waals surface area contributed by atoms with Crippen LogP contribution in [0.5, 0.6) is 23.0 Å². The number of carbonyl (C=O) groups is 1. The summed E-state index contributed by atoms with van der Waals surface area (Å²) in [5, 5.41) is 11.1. The third-order valence-electron chi connectivity index (χ3n) is 14.9. The summed E-state index contributed by atoms with van der Waals surface area (Å²) in [5.41, 5.74) is 9.67. The highest BCUT2D eigenvalue weighted by Crippen LogP contribution is 2.42. The van der Waals surface area contributed by atoms with Gasteiger partial charge in [-0.2, -0.15) is 0 Å². The van der Waals surface area contributed by atoms with E-state index in [-0.39, 0.29) is 5.78 Å². The van der Waals surface area contributed by atoms with Crippen LogP contribution in [0, 0.1) is 77.0 Å². The summed E-state index contributed by atoms with van der Waals surface area (Å²) in [6, 6.07) is 0. The number of rotatable bonds is 32. The quantitative estimate of drug-likeness (QED) is 0.0447. The van der Waals surface area contributed by atoms with Crippen molar-refractivity contribution in [3.63, 3.8) is 0 Å². The molecular weight excluding hydrogens is 841 g/mol. The summed E-state index contributed by atoms with van der Waals surface area (Å²) in [6.45, 7) is 35.1. The summed E-state index contributed by atoms with van der Waals surface area (Å²) >= 11 is 0. The molecule has 0 amide bonds. The van der Waals surface area contributed by atoms with Crippen LogP contribution in [-0.2, 0) is 0 Å². The second-order valence-corrected chi connectivity index (χ2v) is 22.2. The minimum atomic E-state index is -0.697. The minimum Gasteiger partial charge on any atom is -0.496 e. The molecule has 0 aliphatic rings. The van der Waals surface area contributed by atoms with Crippen molar-refractivity contribution in [1.82, 2.24) is 0 Å². The fraction of sp³-hybridized carbons (Fsp3) is 0.726. The van der Waals surface area contributed by atoms with Gasteiger partial charge in [-0.15, -0.1) is 0 Å². The number of benzene rings is 2. The van der Waals surface area contributed by atoms with Gasteiger partial charge in [-0.25, -0.2) is 0 Å². The van der Waals surface area contributed by atoms with Gasteiger partial charge in [-0.3, -0.25) is 4.79 Å². The molecule has 6 heteroatoms. The molecule has 0 bridgehead atoms. The summed E-state index contributed by atoms with van der Waals surface area (Å²) in [7, 11) is 6.65. The average Bonchev–Trinajstić information content (AvgIpc) is 3.26. The lowest BCUT2D eigenvalue weighted by molar-refractivity contribution is 0.104. The van der Waals surface area contributed by atoms with Gasteiger partial charge in [0.25, 0.3) is 0 Å². The highest BCUT2D eigenvalue weighted by atomic mass is 16.5. The molecule has 0 saturated carbocycles. The molecule has 0 aliphatic heterocycles. The van der Waals surface area contributed by atoms with Gasteiger partial charge in [0.05, 0.1) is 34.0 Å². The Balaban J connectivity index is 0.000000680. The van der Waals surface area contributed by atoms with E-state index in [0.717, 1.165) is 117 Å². The number of carbonyl (C=O) groups excluding carboxylic acids is 1. The van der Waals surface area contributed by atoms with Crippen molar-refractivity contribution < 1.29 is 28.8 Å². The number of ether oxygens (including phenoxy) is 4. The molecule has 0 fully saturated rings. The Bertz CT molecular complexity index is 1830. The van der Waals surface area contributed by atoms with Gasteiger partial charge in [0.15, 0.2) is 5.78 Å². The highest BCUT2D eigenvalue weighted by Gasteiger charge is 2.24. The summed E-state index contributed by atoms with van der Waals surface area (Å²) in [5.74, 6) is 7.94. The number of aliphatic hydroxyl groups excluding tert-OH is 1. The average molecular weight is 948 g/mol. The molecule has 390 valence electrons. The van der Waals surface area contributed by atoms with Gasteiger partial charge in [0.2, 0.25) is 0 Å². The fourth-order valence-electron chi connectivity index (χ4n) is 10.2. The molecule has 2 aromatic rings. The third-order valence-corrected chi connectivity index (χ3v) is 14.9. The Morgan fingerprint density at radius 3 is 1.15 bits per heavy atom. The largest absolute Gasteiger partial charge is 0.496 e. The first-order valence-electron chi connectivity index (χ1n) is 27.1. The Labute approximate surface area is 420 Å².